The molecule has 0 spiro atoms. The molecule has 0 aliphatic carbocycles. The average Bonchev–Trinajstić information content (AvgIpc) is 2.48. The van der Waals surface area contributed by atoms with Crippen LogP contribution in [0.25, 0.3) is 0 Å². The molecule has 110 valence electrons. The lowest BCUT2D eigenvalue weighted by Crippen LogP contribution is -2.54. The Morgan fingerprint density at radius 1 is 1.25 bits per heavy atom. The fourth-order valence-electron chi connectivity index (χ4n) is 2.59. The third-order valence-corrected chi connectivity index (χ3v) is 3.73. The van der Waals surface area contributed by atoms with E-state index in [1.807, 2.05) is 13.0 Å². The third-order valence-electron chi connectivity index (χ3n) is 3.73. The SMILES string of the molecule is CCNC(CN1CCN(c2ccccc2)CC1)C(N)=O. The molecule has 1 saturated heterocycles. The Labute approximate surface area is 120 Å². The number of amides is 1. The van der Waals surface area contributed by atoms with Crippen molar-refractivity contribution in [3.05, 3.63) is 30.3 Å². The van der Waals surface area contributed by atoms with Crippen LogP contribution < -0.4 is 16.0 Å². The highest BCUT2D eigenvalue weighted by atomic mass is 16.1. The first kappa shape index (κ1) is 14.8. The number of nitrogens with zero attached hydrogens (tertiary/aromatic N) is 2. The maximum Gasteiger partial charge on any atom is 0.235 e. The van der Waals surface area contributed by atoms with Gasteiger partial charge in [-0.2, -0.15) is 0 Å². The van der Waals surface area contributed by atoms with E-state index < -0.39 is 0 Å². The van der Waals surface area contributed by atoms with E-state index in [9.17, 15) is 4.79 Å². The summed E-state index contributed by atoms with van der Waals surface area (Å²) >= 11 is 0. The topological polar surface area (TPSA) is 61.6 Å². The summed E-state index contributed by atoms with van der Waals surface area (Å²) < 4.78 is 0. The van der Waals surface area contributed by atoms with Crippen LogP contribution in [0.3, 0.4) is 0 Å². The van der Waals surface area contributed by atoms with Gasteiger partial charge in [0.05, 0.1) is 6.04 Å². The fourth-order valence-corrected chi connectivity index (χ4v) is 2.59. The molecule has 0 saturated carbocycles. The Balaban J connectivity index is 1.83. The Kier molecular flexibility index (Phi) is 5.38. The maximum absolute atomic E-state index is 11.4. The number of carbonyl (C=O) groups is 1. The minimum atomic E-state index is -0.266. The van der Waals surface area contributed by atoms with Crippen LogP contribution >= 0.6 is 0 Å². The van der Waals surface area contributed by atoms with E-state index >= 15 is 0 Å². The van der Waals surface area contributed by atoms with Crippen molar-refractivity contribution in [1.29, 1.82) is 0 Å². The van der Waals surface area contributed by atoms with E-state index in [0.29, 0.717) is 6.54 Å². The third kappa shape index (κ3) is 3.95. The Morgan fingerprint density at radius 2 is 1.90 bits per heavy atom. The van der Waals surface area contributed by atoms with Gasteiger partial charge < -0.3 is 16.0 Å². The van der Waals surface area contributed by atoms with Crippen molar-refractivity contribution in [3.63, 3.8) is 0 Å². The van der Waals surface area contributed by atoms with Crippen molar-refractivity contribution < 1.29 is 4.79 Å². The number of hydrogen-bond donors (Lipinski definition) is 2. The molecule has 0 aromatic heterocycles. The lowest BCUT2D eigenvalue weighted by Gasteiger charge is -2.37. The molecule has 1 amide bonds. The van der Waals surface area contributed by atoms with Crippen LogP contribution in [0.1, 0.15) is 6.92 Å². The number of benzene rings is 1. The van der Waals surface area contributed by atoms with Crippen LogP contribution in [0.15, 0.2) is 30.3 Å². The van der Waals surface area contributed by atoms with E-state index in [1.54, 1.807) is 0 Å². The van der Waals surface area contributed by atoms with Crippen LogP contribution in [-0.4, -0.2) is 56.1 Å². The molecule has 2 rings (SSSR count). The summed E-state index contributed by atoms with van der Waals surface area (Å²) in [6.45, 7) is 7.35. The summed E-state index contributed by atoms with van der Waals surface area (Å²) in [7, 11) is 0. The second-order valence-electron chi connectivity index (χ2n) is 5.14. The Hall–Kier alpha value is -1.59. The number of nitrogens with one attached hydrogen (secondary N) is 1. The zero-order valence-electron chi connectivity index (χ0n) is 12.1. The summed E-state index contributed by atoms with van der Waals surface area (Å²) in [6, 6.07) is 10.2. The largest absolute Gasteiger partial charge is 0.369 e. The predicted molar refractivity (Wildman–Crippen MR) is 81.8 cm³/mol. The van der Waals surface area contributed by atoms with Gasteiger partial charge in [0.2, 0.25) is 5.91 Å². The molecule has 1 heterocycles. The highest BCUT2D eigenvalue weighted by Crippen LogP contribution is 2.15. The molecule has 1 fully saturated rings. The number of rotatable bonds is 6. The summed E-state index contributed by atoms with van der Waals surface area (Å²) in [5, 5.41) is 3.14. The van der Waals surface area contributed by atoms with Crippen LogP contribution in [0.5, 0.6) is 0 Å². The highest BCUT2D eigenvalue weighted by molar-refractivity contribution is 5.80. The number of primary amides is 1. The number of anilines is 1. The minimum Gasteiger partial charge on any atom is -0.369 e. The molecule has 0 radical (unpaired) electrons. The lowest BCUT2D eigenvalue weighted by atomic mass is 10.2. The average molecular weight is 276 g/mol. The standard InChI is InChI=1S/C15H24N4O/c1-2-17-14(15(16)20)12-18-8-10-19(11-9-18)13-6-4-3-5-7-13/h3-7,14,17H,2,8-12H2,1H3,(H2,16,20). The van der Waals surface area contributed by atoms with Gasteiger partial charge in [-0.1, -0.05) is 25.1 Å². The van der Waals surface area contributed by atoms with Gasteiger partial charge in [-0.15, -0.1) is 0 Å². The van der Waals surface area contributed by atoms with E-state index in [0.717, 1.165) is 32.7 Å². The van der Waals surface area contributed by atoms with Gasteiger partial charge in [0.1, 0.15) is 0 Å². The second kappa shape index (κ2) is 7.26. The summed E-state index contributed by atoms with van der Waals surface area (Å²) in [6.07, 6.45) is 0. The molecule has 1 aliphatic heterocycles. The smallest absolute Gasteiger partial charge is 0.235 e. The molecule has 1 aromatic rings. The van der Waals surface area contributed by atoms with Gasteiger partial charge >= 0.3 is 0 Å². The first-order chi connectivity index (χ1) is 9.70. The maximum atomic E-state index is 11.4. The van der Waals surface area contributed by atoms with E-state index in [4.69, 9.17) is 5.73 Å². The van der Waals surface area contributed by atoms with E-state index in [2.05, 4.69) is 39.4 Å². The molecule has 0 bridgehead atoms. The summed E-state index contributed by atoms with van der Waals surface area (Å²) in [4.78, 5) is 16.1. The second-order valence-corrected chi connectivity index (χ2v) is 5.14. The number of piperazine rings is 1. The first-order valence-corrected chi connectivity index (χ1v) is 7.25. The monoisotopic (exact) mass is 276 g/mol. The van der Waals surface area contributed by atoms with Gasteiger partial charge in [0, 0.05) is 38.4 Å². The zero-order chi connectivity index (χ0) is 14.4. The first-order valence-electron chi connectivity index (χ1n) is 7.25. The predicted octanol–water partition coefficient (Wildman–Crippen LogP) is 0.272. The van der Waals surface area contributed by atoms with Gasteiger partial charge in [0.15, 0.2) is 0 Å². The fraction of sp³-hybridized carbons (Fsp3) is 0.533. The van der Waals surface area contributed by atoms with Crippen molar-refractivity contribution in [2.45, 2.75) is 13.0 Å². The van der Waals surface area contributed by atoms with Crippen molar-refractivity contribution in [2.24, 2.45) is 5.73 Å². The van der Waals surface area contributed by atoms with Crippen LogP contribution in [0.4, 0.5) is 5.69 Å². The van der Waals surface area contributed by atoms with Crippen molar-refractivity contribution in [1.82, 2.24) is 10.2 Å². The van der Waals surface area contributed by atoms with Gasteiger partial charge in [-0.05, 0) is 18.7 Å². The van der Waals surface area contributed by atoms with Crippen LogP contribution in [-0.2, 0) is 4.79 Å². The van der Waals surface area contributed by atoms with Gasteiger partial charge in [-0.3, -0.25) is 9.69 Å². The number of likely N-dealkylation sites (N-methyl/N-ethyl adjacent to an activating group) is 1. The molecule has 1 aromatic carbocycles. The number of carbonyl (C=O) groups excluding carboxylic acids is 1. The van der Waals surface area contributed by atoms with Crippen LogP contribution in [0.2, 0.25) is 0 Å². The zero-order valence-corrected chi connectivity index (χ0v) is 12.1. The number of nitrogens with two attached hydrogens (primary N) is 1. The van der Waals surface area contributed by atoms with E-state index in [-0.39, 0.29) is 11.9 Å². The molecule has 5 heteroatoms. The van der Waals surface area contributed by atoms with Crippen molar-refractivity contribution in [3.8, 4) is 0 Å². The molecule has 1 atom stereocenters. The minimum absolute atomic E-state index is 0.247. The molecule has 5 nitrogen and oxygen atoms in total. The van der Waals surface area contributed by atoms with Crippen molar-refractivity contribution >= 4 is 11.6 Å². The van der Waals surface area contributed by atoms with Crippen LogP contribution in [0, 0.1) is 0 Å². The van der Waals surface area contributed by atoms with E-state index in [1.165, 1.54) is 5.69 Å². The molecule has 20 heavy (non-hydrogen) atoms. The molecule has 1 aliphatic rings. The number of para-hydroxylation sites is 1. The molecular formula is C15H24N4O. The molecule has 3 N–H and O–H groups in total. The molecule has 1 unspecified atom stereocenters. The Morgan fingerprint density at radius 3 is 2.45 bits per heavy atom. The quantitative estimate of drug-likeness (QED) is 0.783. The number of hydrogen-bond acceptors (Lipinski definition) is 4. The molecular weight excluding hydrogens is 252 g/mol. The normalized spacial score (nSPS) is 17.9. The lowest BCUT2D eigenvalue weighted by molar-refractivity contribution is -0.120. The summed E-state index contributed by atoms with van der Waals surface area (Å²) in [5.41, 5.74) is 6.69. The van der Waals surface area contributed by atoms with Gasteiger partial charge in [-0.25, -0.2) is 0 Å². The highest BCUT2D eigenvalue weighted by Gasteiger charge is 2.22. The van der Waals surface area contributed by atoms with Gasteiger partial charge in [0.25, 0.3) is 0 Å². The summed E-state index contributed by atoms with van der Waals surface area (Å²) in [5.74, 6) is -0.266. The Bertz CT molecular complexity index is 415. The van der Waals surface area contributed by atoms with Crippen molar-refractivity contribution in [2.75, 3.05) is 44.2 Å².